The van der Waals surface area contributed by atoms with Crippen molar-refractivity contribution >= 4 is 12.0 Å². The monoisotopic (exact) mass is 386 g/mol. The van der Waals surface area contributed by atoms with Gasteiger partial charge in [-0.2, -0.15) is 0 Å². The molecule has 0 aliphatic rings. The van der Waals surface area contributed by atoms with E-state index in [0.29, 0.717) is 5.56 Å². The van der Waals surface area contributed by atoms with Crippen LogP contribution in [0.4, 0.5) is 0 Å². The lowest BCUT2D eigenvalue weighted by Crippen LogP contribution is -1.98. The summed E-state index contributed by atoms with van der Waals surface area (Å²) in [5, 5.41) is 9.18. The maximum atomic E-state index is 11.2. The normalized spacial score (nSPS) is 11.3. The summed E-state index contributed by atoms with van der Waals surface area (Å²) in [4.78, 5) is 11.2. The number of unbranched alkanes of at least 4 members (excludes halogenated alkanes) is 15. The van der Waals surface area contributed by atoms with E-state index in [0.717, 1.165) is 12.0 Å². The van der Waals surface area contributed by atoms with Crippen molar-refractivity contribution in [2.75, 3.05) is 0 Å². The third-order valence-electron chi connectivity index (χ3n) is 5.46. The van der Waals surface area contributed by atoms with Crippen molar-refractivity contribution in [3.8, 4) is 0 Å². The average Bonchev–Trinajstić information content (AvgIpc) is 2.70. The van der Waals surface area contributed by atoms with Gasteiger partial charge in [0.2, 0.25) is 0 Å². The summed E-state index contributed by atoms with van der Waals surface area (Å²) in [6.45, 7) is 2.28. The molecule has 28 heavy (non-hydrogen) atoms. The molecule has 0 aromatic heterocycles. The van der Waals surface area contributed by atoms with E-state index >= 15 is 0 Å². The van der Waals surface area contributed by atoms with E-state index in [-0.39, 0.29) is 0 Å². The fourth-order valence-corrected chi connectivity index (χ4v) is 3.68. The molecular weight excluding hydrogens is 344 g/mol. The molecule has 1 N–H and O–H groups in total. The van der Waals surface area contributed by atoms with Crippen LogP contribution in [0.15, 0.2) is 30.3 Å². The van der Waals surface area contributed by atoms with Crippen LogP contribution in [0, 0.1) is 0 Å². The average molecular weight is 387 g/mol. The first-order chi connectivity index (χ1) is 13.8. The molecule has 0 radical (unpaired) electrons. The van der Waals surface area contributed by atoms with Crippen LogP contribution in [0.1, 0.15) is 126 Å². The summed E-state index contributed by atoms with van der Waals surface area (Å²) >= 11 is 0. The molecule has 2 heteroatoms. The van der Waals surface area contributed by atoms with Gasteiger partial charge < -0.3 is 5.11 Å². The van der Waals surface area contributed by atoms with Crippen molar-refractivity contribution in [1.82, 2.24) is 0 Å². The van der Waals surface area contributed by atoms with Crippen LogP contribution < -0.4 is 0 Å². The summed E-state index contributed by atoms with van der Waals surface area (Å²) in [5.41, 5.74) is 1.19. The van der Waals surface area contributed by atoms with Gasteiger partial charge in [0, 0.05) is 0 Å². The fourth-order valence-electron chi connectivity index (χ4n) is 3.68. The summed E-state index contributed by atoms with van der Waals surface area (Å²) in [6, 6.07) is 7.19. The van der Waals surface area contributed by atoms with E-state index in [1.54, 1.807) is 12.1 Å². The molecule has 0 spiro atoms. The molecule has 0 saturated carbocycles. The van der Waals surface area contributed by atoms with E-state index in [1.165, 1.54) is 96.3 Å². The fraction of sp³-hybridized carbons (Fsp3) is 0.654. The number of allylic oxidation sites excluding steroid dienone is 1. The molecule has 158 valence electrons. The first-order valence-corrected chi connectivity index (χ1v) is 11.7. The van der Waals surface area contributed by atoms with Gasteiger partial charge in [0.1, 0.15) is 0 Å². The predicted molar refractivity (Wildman–Crippen MR) is 122 cm³/mol. The van der Waals surface area contributed by atoms with Crippen LogP contribution in [0.5, 0.6) is 0 Å². The Morgan fingerprint density at radius 1 is 0.750 bits per heavy atom. The number of benzene rings is 1. The molecule has 0 unspecified atom stereocenters. The van der Waals surface area contributed by atoms with E-state index in [2.05, 4.69) is 13.0 Å². The van der Waals surface area contributed by atoms with Crippen molar-refractivity contribution in [2.24, 2.45) is 0 Å². The Bertz CT molecular complexity index is 533. The summed E-state index contributed by atoms with van der Waals surface area (Å²) in [7, 11) is 0. The zero-order valence-electron chi connectivity index (χ0n) is 18.1. The Balaban J connectivity index is 1.89. The van der Waals surface area contributed by atoms with Crippen LogP contribution in [0.2, 0.25) is 0 Å². The number of carbonyl (C=O) groups is 1. The second-order valence-corrected chi connectivity index (χ2v) is 8.03. The molecule has 0 aliphatic carbocycles. The number of aromatic carboxylic acids is 1. The minimum Gasteiger partial charge on any atom is -0.478 e. The second-order valence-electron chi connectivity index (χ2n) is 8.03. The standard InChI is InChI=1S/C26H42O2/c1-2-3-4-5-6-7-8-9-10-11-12-13-14-15-16-17-18-21-24-22-19-20-23-25(24)26(27)28/h18-23H,2-17H2,1H3,(H,27,28)/b21-18+. The lowest BCUT2D eigenvalue weighted by atomic mass is 10.0. The van der Waals surface area contributed by atoms with Crippen LogP contribution in [0.25, 0.3) is 6.08 Å². The summed E-state index contributed by atoms with van der Waals surface area (Å²) in [5.74, 6) is -0.854. The maximum Gasteiger partial charge on any atom is 0.336 e. The van der Waals surface area contributed by atoms with Crippen LogP contribution in [-0.2, 0) is 0 Å². The molecule has 0 amide bonds. The molecule has 0 fully saturated rings. The zero-order valence-corrected chi connectivity index (χ0v) is 18.1. The van der Waals surface area contributed by atoms with Gasteiger partial charge in [0.15, 0.2) is 0 Å². The van der Waals surface area contributed by atoms with Gasteiger partial charge in [-0.3, -0.25) is 0 Å². The van der Waals surface area contributed by atoms with Crippen LogP contribution >= 0.6 is 0 Å². The number of rotatable bonds is 18. The highest BCUT2D eigenvalue weighted by molar-refractivity contribution is 5.92. The minimum absolute atomic E-state index is 0.384. The maximum absolute atomic E-state index is 11.2. The smallest absolute Gasteiger partial charge is 0.336 e. The Kier molecular flexibility index (Phi) is 15.3. The van der Waals surface area contributed by atoms with Gasteiger partial charge in [-0.25, -0.2) is 4.79 Å². The first kappa shape index (κ1) is 24.5. The van der Waals surface area contributed by atoms with Crippen molar-refractivity contribution < 1.29 is 9.90 Å². The molecule has 0 heterocycles. The molecule has 0 saturated heterocycles. The topological polar surface area (TPSA) is 37.3 Å². The van der Waals surface area contributed by atoms with E-state index in [4.69, 9.17) is 0 Å². The Labute approximate surface area is 173 Å². The molecule has 1 rings (SSSR count). The highest BCUT2D eigenvalue weighted by Crippen LogP contribution is 2.15. The molecule has 2 nitrogen and oxygen atoms in total. The highest BCUT2D eigenvalue weighted by Gasteiger charge is 2.05. The molecular formula is C26H42O2. The van der Waals surface area contributed by atoms with Crippen molar-refractivity contribution in [3.05, 3.63) is 41.5 Å². The van der Waals surface area contributed by atoms with Gasteiger partial charge in [-0.05, 0) is 24.5 Å². The molecule has 0 aliphatic heterocycles. The second kappa shape index (κ2) is 17.5. The highest BCUT2D eigenvalue weighted by atomic mass is 16.4. The number of hydrogen-bond acceptors (Lipinski definition) is 1. The van der Waals surface area contributed by atoms with Crippen molar-refractivity contribution in [3.63, 3.8) is 0 Å². The van der Waals surface area contributed by atoms with Crippen LogP contribution in [0.3, 0.4) is 0 Å². The molecule has 1 aromatic rings. The van der Waals surface area contributed by atoms with Gasteiger partial charge >= 0.3 is 5.97 Å². The van der Waals surface area contributed by atoms with Gasteiger partial charge in [0.25, 0.3) is 0 Å². The Hall–Kier alpha value is -1.57. The lowest BCUT2D eigenvalue weighted by molar-refractivity contribution is 0.0696. The molecule has 1 aromatic carbocycles. The predicted octanol–water partition coefficient (Wildman–Crippen LogP) is 8.66. The zero-order chi connectivity index (χ0) is 20.3. The third-order valence-corrected chi connectivity index (χ3v) is 5.46. The molecule has 0 atom stereocenters. The number of carboxylic acids is 1. The molecule has 0 bridgehead atoms. The van der Waals surface area contributed by atoms with E-state index in [1.807, 2.05) is 18.2 Å². The van der Waals surface area contributed by atoms with Crippen molar-refractivity contribution in [2.45, 2.75) is 110 Å². The van der Waals surface area contributed by atoms with E-state index < -0.39 is 5.97 Å². The summed E-state index contributed by atoms with van der Waals surface area (Å²) in [6.07, 6.45) is 25.9. The van der Waals surface area contributed by atoms with Crippen LogP contribution in [-0.4, -0.2) is 11.1 Å². The first-order valence-electron chi connectivity index (χ1n) is 11.7. The Morgan fingerprint density at radius 3 is 1.71 bits per heavy atom. The number of hydrogen-bond donors (Lipinski definition) is 1. The third kappa shape index (κ3) is 12.8. The minimum atomic E-state index is -0.854. The van der Waals surface area contributed by atoms with Gasteiger partial charge in [0.05, 0.1) is 5.56 Å². The number of carboxylic acid groups (broad SMARTS) is 1. The van der Waals surface area contributed by atoms with Gasteiger partial charge in [-0.15, -0.1) is 0 Å². The summed E-state index contributed by atoms with van der Waals surface area (Å²) < 4.78 is 0. The Morgan fingerprint density at radius 2 is 1.21 bits per heavy atom. The van der Waals surface area contributed by atoms with Gasteiger partial charge in [-0.1, -0.05) is 127 Å². The SMILES string of the molecule is CCCCCCCCCCCCCCCCC/C=C/c1ccccc1C(=O)O. The quantitative estimate of drug-likeness (QED) is 0.256. The van der Waals surface area contributed by atoms with Crippen molar-refractivity contribution in [1.29, 1.82) is 0 Å². The largest absolute Gasteiger partial charge is 0.478 e. The lowest BCUT2D eigenvalue weighted by Gasteiger charge is -2.03. The van der Waals surface area contributed by atoms with E-state index in [9.17, 15) is 9.90 Å².